The first kappa shape index (κ1) is 84.1. The lowest BCUT2D eigenvalue weighted by molar-refractivity contribution is -0.121. The van der Waals surface area contributed by atoms with Gasteiger partial charge in [0.2, 0.25) is 11.6 Å². The molecule has 8 aromatic heterocycles. The number of benzene rings is 4. The van der Waals surface area contributed by atoms with Gasteiger partial charge in [0.05, 0.1) is 57.0 Å². The summed E-state index contributed by atoms with van der Waals surface area (Å²) < 4.78 is 113. The number of carbonyl (C=O) groups excluding carboxylic acids is 7. The van der Waals surface area contributed by atoms with E-state index in [1.54, 1.807) is 94.3 Å². The Hall–Kier alpha value is -14.5. The zero-order chi connectivity index (χ0) is 88.1. The number of aromatic nitrogens is 12. The fraction of sp³-hybridized carbons (Fsp3) is 0.273. The van der Waals surface area contributed by atoms with Gasteiger partial charge in [-0.2, -0.15) is 20.4 Å². The molecule has 640 valence electrons. The van der Waals surface area contributed by atoms with Gasteiger partial charge in [-0.3, -0.25) is 71.9 Å². The minimum absolute atomic E-state index is 0.0139. The van der Waals surface area contributed by atoms with Gasteiger partial charge in [0, 0.05) is 53.0 Å². The van der Waals surface area contributed by atoms with E-state index in [0.29, 0.717) is 51.5 Å². The van der Waals surface area contributed by atoms with Gasteiger partial charge in [-0.15, -0.1) is 0 Å². The van der Waals surface area contributed by atoms with Gasteiger partial charge in [0.25, 0.3) is 35.4 Å². The molecule has 6 N–H and O–H groups in total. The number of carboxylic acid groups (broad SMARTS) is 1. The lowest BCUT2D eigenvalue weighted by atomic mass is 10.1. The quantitative estimate of drug-likeness (QED) is 0.0596. The molecule has 20 rings (SSSR count). The highest BCUT2D eigenvalue weighted by Crippen LogP contribution is 2.57. The van der Waals surface area contributed by atoms with E-state index in [1.807, 2.05) is 42.5 Å². The summed E-state index contributed by atoms with van der Waals surface area (Å²) in [6.45, 7) is 0.730. The molecule has 8 aliphatic rings. The number of nitrogens with two attached hydrogens (primary N) is 1. The minimum atomic E-state index is -1.42. The van der Waals surface area contributed by atoms with Crippen LogP contribution in [0.4, 0.5) is 58.4 Å². The number of carbonyl (C=O) groups is 8. The average Bonchev–Trinajstić information content (AvgIpc) is 1.60. The van der Waals surface area contributed by atoms with Gasteiger partial charge in [-0.05, 0) is 190 Å². The van der Waals surface area contributed by atoms with Crippen LogP contribution < -0.4 is 41.3 Å². The number of pyridine rings is 4. The summed E-state index contributed by atoms with van der Waals surface area (Å²) in [4.78, 5) is 123. The average molecular weight is 1710 g/mol. The highest BCUT2D eigenvalue weighted by atomic mass is 19.2. The molecular formula is C88H78F8N20O9. The van der Waals surface area contributed by atoms with E-state index < -0.39 is 70.8 Å². The molecule has 4 saturated carbocycles. The van der Waals surface area contributed by atoms with Crippen molar-refractivity contribution in [2.75, 3.05) is 47.8 Å². The predicted octanol–water partition coefficient (Wildman–Crippen LogP) is 9.85. The Kier molecular flexibility index (Phi) is 23.4. The summed E-state index contributed by atoms with van der Waals surface area (Å²) in [5.74, 6) is -5.74. The van der Waals surface area contributed by atoms with E-state index in [9.17, 15) is 73.5 Å². The van der Waals surface area contributed by atoms with Gasteiger partial charge in [0.15, 0.2) is 40.4 Å². The van der Waals surface area contributed by atoms with Crippen LogP contribution in [0.2, 0.25) is 0 Å². The van der Waals surface area contributed by atoms with Crippen molar-refractivity contribution < 1.29 is 78.6 Å². The SMILES string of the molecule is CN1C(=O)[C@@H](N)[C@H]2C[C@H]2c2cccnc21.CN1C(=O)[C@@H](NC(=O)c2nn(Cc3ccc(F)cc3)cc2F)[C@H]2C[C@H]2c2cccnc21.CN1C(=O)[C@@H](NC(=O)c2nn(Cc3ccc(F)cc3)cc2F)[C@H]2C[C@H]2c2cccnc21.CN1C(=O)[C@H](NC(=O)c2nn(Cc3ccc(F)cc3)cc2F)[C@@H]2C[C@@H]2c2cccnc21.O=C(O)c1nn(Cc2ccc(F)cc2)cc1F. The fourth-order valence-corrected chi connectivity index (χ4v) is 16.5. The van der Waals surface area contributed by atoms with Gasteiger partial charge in [-0.1, -0.05) is 72.8 Å². The molecule has 29 nitrogen and oxygen atoms in total. The van der Waals surface area contributed by atoms with Gasteiger partial charge in [0.1, 0.15) is 64.7 Å². The molecule has 0 saturated heterocycles. The third-order valence-corrected chi connectivity index (χ3v) is 23.3. The summed E-state index contributed by atoms with van der Waals surface area (Å²) in [6.07, 6.45) is 14.2. The normalized spacial score (nSPS) is 21.6. The Bertz CT molecular complexity index is 5730. The molecule has 12 heterocycles. The van der Waals surface area contributed by atoms with E-state index in [0.717, 1.165) is 77.7 Å². The van der Waals surface area contributed by atoms with Crippen molar-refractivity contribution in [3.63, 3.8) is 0 Å². The number of anilines is 4. The largest absolute Gasteiger partial charge is 0.476 e. The Morgan fingerprint density at radius 2 is 0.584 bits per heavy atom. The number of hydrogen-bond acceptors (Lipinski definition) is 17. The molecular weight excluding hydrogens is 1630 g/mol. The number of hydrogen-bond donors (Lipinski definition) is 5. The van der Waals surface area contributed by atoms with Crippen molar-refractivity contribution in [1.82, 2.24) is 75.0 Å². The van der Waals surface area contributed by atoms with Gasteiger partial charge in [-0.25, -0.2) is 59.9 Å². The second kappa shape index (κ2) is 34.8. The highest BCUT2D eigenvalue weighted by Gasteiger charge is 2.56. The summed E-state index contributed by atoms with van der Waals surface area (Å²) >= 11 is 0. The summed E-state index contributed by atoms with van der Waals surface area (Å²) in [5.41, 5.74) is 11.1. The molecule has 7 amide bonds. The lowest BCUT2D eigenvalue weighted by Gasteiger charge is -2.22. The first-order chi connectivity index (χ1) is 60.0. The van der Waals surface area contributed by atoms with Crippen LogP contribution in [0.25, 0.3) is 0 Å². The number of likely N-dealkylation sites (N-methyl/N-ethyl adjacent to an activating group) is 4. The van der Waals surface area contributed by atoms with Crippen LogP contribution in [0, 0.1) is 70.2 Å². The zero-order valence-corrected chi connectivity index (χ0v) is 67.0. The molecule has 37 heteroatoms. The first-order valence-electron chi connectivity index (χ1n) is 39.7. The third-order valence-electron chi connectivity index (χ3n) is 23.3. The summed E-state index contributed by atoms with van der Waals surface area (Å²) in [5, 5.41) is 32.4. The van der Waals surface area contributed by atoms with E-state index in [4.69, 9.17) is 10.8 Å². The second-order valence-electron chi connectivity index (χ2n) is 31.6. The topological polar surface area (TPSA) is 355 Å². The molecule has 4 aliphatic heterocycles. The molecule has 125 heavy (non-hydrogen) atoms. The van der Waals surface area contributed by atoms with E-state index in [1.165, 1.54) is 95.0 Å². The number of amides is 7. The number of fused-ring (bicyclic) bond motifs is 12. The van der Waals surface area contributed by atoms with Crippen molar-refractivity contribution in [1.29, 1.82) is 0 Å². The van der Waals surface area contributed by atoms with Crippen LogP contribution in [0.3, 0.4) is 0 Å². The van der Waals surface area contributed by atoms with Crippen molar-refractivity contribution in [2.24, 2.45) is 29.4 Å². The van der Waals surface area contributed by atoms with Gasteiger partial charge >= 0.3 is 5.97 Å². The molecule has 0 radical (unpaired) electrons. The minimum Gasteiger partial charge on any atom is -0.476 e. The number of carboxylic acids is 1. The molecule has 0 spiro atoms. The molecule has 4 fully saturated rings. The standard InChI is InChI=1S/3C22H19F2N5O2.C11H8F2N2O2.C11H13N3O/c3*1-28-20-14(3-2-8-25-20)15-9-16(15)18(22(28)31)26-21(30)19-17(24)11-29(27-19)10-12-4-6-13(23)7-5-12;12-8-3-1-7(2-4-8)5-15-6-9(13)10(14-15)11(16)17;1-14-10-6(3-2-4-13-10)7-5-8(7)9(12)11(14)15/h3*2-8,11,15-16,18H,9-10H2,1H3,(H,26,30);1-4,6H,5H2,(H,16,17);2-4,7-9H,5,12H2,1H3/t3*15-,16-,18-;;7-,8-,9-/m100.0/s1. The Morgan fingerprint density at radius 1 is 0.352 bits per heavy atom. The predicted molar refractivity (Wildman–Crippen MR) is 433 cm³/mol. The second-order valence-corrected chi connectivity index (χ2v) is 31.6. The molecule has 0 unspecified atom stereocenters. The van der Waals surface area contributed by atoms with Crippen molar-refractivity contribution in [3.05, 3.63) is 309 Å². The number of rotatable bonds is 15. The maximum Gasteiger partial charge on any atom is 0.359 e. The van der Waals surface area contributed by atoms with Crippen LogP contribution in [0.1, 0.15) is 136 Å². The summed E-state index contributed by atoms with van der Waals surface area (Å²) in [6, 6.07) is 35.4. The van der Waals surface area contributed by atoms with Crippen molar-refractivity contribution in [3.8, 4) is 0 Å². The summed E-state index contributed by atoms with van der Waals surface area (Å²) in [7, 11) is 6.61. The van der Waals surface area contributed by atoms with Crippen LogP contribution in [-0.4, -0.2) is 164 Å². The Labute approximate surface area is 706 Å². The number of aromatic carboxylic acids is 1. The molecule has 0 bridgehead atoms. The molecule has 12 atom stereocenters. The monoisotopic (exact) mass is 1710 g/mol. The van der Waals surface area contributed by atoms with E-state index in [2.05, 4.69) is 62.3 Å². The van der Waals surface area contributed by atoms with Crippen LogP contribution in [0.15, 0.2) is 195 Å². The van der Waals surface area contributed by atoms with Crippen LogP contribution in [0.5, 0.6) is 0 Å². The molecule has 12 aromatic rings. The highest BCUT2D eigenvalue weighted by molar-refractivity contribution is 6.05. The number of halogens is 8. The smallest absolute Gasteiger partial charge is 0.359 e. The maximum absolute atomic E-state index is 14.4. The Balaban J connectivity index is 0.000000118. The lowest BCUT2D eigenvalue weighted by Crippen LogP contribution is -2.48. The molecule has 4 aromatic carbocycles. The van der Waals surface area contributed by atoms with Crippen LogP contribution >= 0.6 is 0 Å². The first-order valence-corrected chi connectivity index (χ1v) is 39.7. The number of nitrogens with one attached hydrogen (secondary N) is 3. The zero-order valence-electron chi connectivity index (χ0n) is 67.0. The van der Waals surface area contributed by atoms with Gasteiger partial charge < -0.3 is 26.8 Å². The van der Waals surface area contributed by atoms with Crippen LogP contribution in [-0.2, 0) is 45.4 Å². The third kappa shape index (κ3) is 17.9. The number of nitrogens with zero attached hydrogens (tertiary/aromatic N) is 16. The van der Waals surface area contributed by atoms with E-state index in [-0.39, 0.29) is 132 Å². The molecule has 4 aliphatic carbocycles. The Morgan fingerprint density at radius 3 is 0.840 bits per heavy atom. The maximum atomic E-state index is 14.4. The van der Waals surface area contributed by atoms with E-state index >= 15 is 0 Å². The van der Waals surface area contributed by atoms with Crippen molar-refractivity contribution in [2.45, 2.75) is 99.7 Å². The fourth-order valence-electron chi connectivity index (χ4n) is 16.5. The van der Waals surface area contributed by atoms with Crippen molar-refractivity contribution >= 4 is 70.6 Å².